The molecule has 0 amide bonds. The molecule has 5 nitrogen and oxygen atoms in total. The van der Waals surface area contributed by atoms with Crippen molar-refractivity contribution in [2.24, 2.45) is 0 Å². The van der Waals surface area contributed by atoms with Crippen LogP contribution in [0.3, 0.4) is 0 Å². The zero-order valence-corrected chi connectivity index (χ0v) is 18.6. The minimum Gasteiger partial charge on any atom is -0.340 e. The normalized spacial score (nSPS) is 14.9. The van der Waals surface area contributed by atoms with Crippen LogP contribution in [-0.2, 0) is 6.42 Å². The summed E-state index contributed by atoms with van der Waals surface area (Å²) in [6.45, 7) is 7.60. The quantitative estimate of drug-likeness (QED) is 0.623. The predicted molar refractivity (Wildman–Crippen MR) is 127 cm³/mol. The van der Waals surface area contributed by atoms with Gasteiger partial charge in [-0.2, -0.15) is 0 Å². The Morgan fingerprint density at radius 3 is 2.03 bits per heavy atom. The van der Waals surface area contributed by atoms with Crippen LogP contribution in [0.2, 0.25) is 0 Å². The van der Waals surface area contributed by atoms with Crippen molar-refractivity contribution in [3.05, 3.63) is 93.4 Å². The van der Waals surface area contributed by atoms with Gasteiger partial charge in [0.2, 0.25) is 5.95 Å². The van der Waals surface area contributed by atoms with E-state index in [0.29, 0.717) is 5.95 Å². The zero-order chi connectivity index (χ0) is 21.6. The third-order valence-electron chi connectivity index (χ3n) is 6.20. The molecule has 0 unspecified atom stereocenters. The van der Waals surface area contributed by atoms with Crippen LogP contribution in [0.25, 0.3) is 0 Å². The van der Waals surface area contributed by atoms with Gasteiger partial charge in [0, 0.05) is 37.4 Å². The molecule has 0 aliphatic carbocycles. The first-order chi connectivity index (χ1) is 15.2. The highest BCUT2D eigenvalue weighted by atomic mass is 16.1. The number of nitrogens with one attached hydrogen (secondary N) is 1. The number of unbranched alkanes of at least 4 members (excludes halogenated alkanes) is 1. The van der Waals surface area contributed by atoms with E-state index in [4.69, 9.17) is 4.98 Å². The Kier molecular flexibility index (Phi) is 6.82. The third kappa shape index (κ3) is 4.88. The Morgan fingerprint density at radius 2 is 1.52 bits per heavy atom. The lowest BCUT2D eigenvalue weighted by Gasteiger charge is -2.40. The van der Waals surface area contributed by atoms with E-state index in [0.717, 1.165) is 56.7 Å². The van der Waals surface area contributed by atoms with Gasteiger partial charge < -0.3 is 4.90 Å². The molecule has 31 heavy (non-hydrogen) atoms. The number of aromatic nitrogens is 2. The summed E-state index contributed by atoms with van der Waals surface area (Å²) in [6, 6.07) is 21.6. The van der Waals surface area contributed by atoms with Gasteiger partial charge in [-0.25, -0.2) is 4.98 Å². The number of nitrogens with zero attached hydrogens (tertiary/aromatic N) is 3. The number of benzene rings is 2. The second kappa shape index (κ2) is 9.92. The number of anilines is 1. The molecule has 0 saturated carbocycles. The van der Waals surface area contributed by atoms with Gasteiger partial charge in [0.1, 0.15) is 0 Å². The van der Waals surface area contributed by atoms with E-state index in [2.05, 4.69) is 82.4 Å². The summed E-state index contributed by atoms with van der Waals surface area (Å²) >= 11 is 0. The third-order valence-corrected chi connectivity index (χ3v) is 6.20. The molecule has 5 heteroatoms. The molecule has 3 aromatic rings. The molecule has 1 fully saturated rings. The maximum absolute atomic E-state index is 12.6. The number of piperazine rings is 1. The van der Waals surface area contributed by atoms with Crippen molar-refractivity contribution in [1.82, 2.24) is 14.9 Å². The van der Waals surface area contributed by atoms with Crippen molar-refractivity contribution in [3.8, 4) is 0 Å². The molecule has 0 spiro atoms. The predicted octanol–water partition coefficient (Wildman–Crippen LogP) is 4.33. The highest BCUT2D eigenvalue weighted by Crippen LogP contribution is 2.29. The van der Waals surface area contributed by atoms with Crippen molar-refractivity contribution in [2.75, 3.05) is 31.1 Å². The van der Waals surface area contributed by atoms with Crippen molar-refractivity contribution >= 4 is 5.95 Å². The maximum Gasteiger partial charge on any atom is 0.255 e. The van der Waals surface area contributed by atoms with Gasteiger partial charge in [-0.1, -0.05) is 74.0 Å². The van der Waals surface area contributed by atoms with E-state index in [-0.39, 0.29) is 11.6 Å². The van der Waals surface area contributed by atoms with E-state index >= 15 is 0 Å². The first kappa shape index (κ1) is 21.3. The number of hydrogen-bond donors (Lipinski definition) is 1. The van der Waals surface area contributed by atoms with Crippen molar-refractivity contribution < 1.29 is 0 Å². The summed E-state index contributed by atoms with van der Waals surface area (Å²) in [5, 5.41) is 0. The van der Waals surface area contributed by atoms with Gasteiger partial charge in [-0.05, 0) is 30.9 Å². The molecule has 1 aliphatic heterocycles. The summed E-state index contributed by atoms with van der Waals surface area (Å²) in [7, 11) is 0. The first-order valence-electron chi connectivity index (χ1n) is 11.4. The Bertz CT molecular complexity index is 985. The fourth-order valence-corrected chi connectivity index (χ4v) is 4.47. The second-order valence-electron chi connectivity index (χ2n) is 8.30. The Labute approximate surface area is 184 Å². The lowest BCUT2D eigenvalue weighted by Crippen LogP contribution is -2.48. The number of hydrogen-bond acceptors (Lipinski definition) is 4. The summed E-state index contributed by atoms with van der Waals surface area (Å²) in [6.07, 6.45) is 2.89. The molecule has 2 heterocycles. The smallest absolute Gasteiger partial charge is 0.255 e. The molecule has 2 aromatic carbocycles. The molecule has 1 aliphatic rings. The van der Waals surface area contributed by atoms with Crippen LogP contribution >= 0.6 is 0 Å². The molecule has 0 bridgehead atoms. The molecular formula is C26H32N4O. The fraction of sp³-hybridized carbons (Fsp3) is 0.385. The molecule has 1 saturated heterocycles. The monoisotopic (exact) mass is 416 g/mol. The SMILES string of the molecule is CCCCc1c(C)nc(N2CCN(C(c3ccccc3)c3ccccc3)CC2)[nH]c1=O. The number of H-pyrrole nitrogens is 1. The highest BCUT2D eigenvalue weighted by molar-refractivity contribution is 5.36. The lowest BCUT2D eigenvalue weighted by atomic mass is 9.96. The van der Waals surface area contributed by atoms with Gasteiger partial charge in [0.25, 0.3) is 5.56 Å². The van der Waals surface area contributed by atoms with E-state index in [9.17, 15) is 4.79 Å². The topological polar surface area (TPSA) is 52.2 Å². The van der Waals surface area contributed by atoms with Crippen LogP contribution in [0.4, 0.5) is 5.95 Å². The fourth-order valence-electron chi connectivity index (χ4n) is 4.47. The van der Waals surface area contributed by atoms with E-state index < -0.39 is 0 Å². The first-order valence-corrected chi connectivity index (χ1v) is 11.4. The van der Waals surface area contributed by atoms with E-state index in [1.165, 1.54) is 11.1 Å². The van der Waals surface area contributed by atoms with Crippen LogP contribution in [0, 0.1) is 6.92 Å². The number of aryl methyl sites for hydroxylation is 1. The lowest BCUT2D eigenvalue weighted by molar-refractivity contribution is 0.211. The highest BCUT2D eigenvalue weighted by Gasteiger charge is 2.27. The van der Waals surface area contributed by atoms with Crippen molar-refractivity contribution in [3.63, 3.8) is 0 Å². The van der Waals surface area contributed by atoms with Gasteiger partial charge in [-0.15, -0.1) is 0 Å². The van der Waals surface area contributed by atoms with Gasteiger partial charge in [0.05, 0.1) is 6.04 Å². The molecule has 1 N–H and O–H groups in total. The van der Waals surface area contributed by atoms with Gasteiger partial charge in [-0.3, -0.25) is 14.7 Å². The van der Waals surface area contributed by atoms with Crippen LogP contribution in [0.15, 0.2) is 65.5 Å². The molecule has 0 radical (unpaired) electrons. The minimum absolute atomic E-state index is 0.0184. The molecule has 162 valence electrons. The second-order valence-corrected chi connectivity index (χ2v) is 8.30. The zero-order valence-electron chi connectivity index (χ0n) is 18.6. The summed E-state index contributed by atoms with van der Waals surface area (Å²) < 4.78 is 0. The van der Waals surface area contributed by atoms with Crippen LogP contribution in [0.5, 0.6) is 0 Å². The summed E-state index contributed by atoms with van der Waals surface area (Å²) in [4.78, 5) is 25.2. The van der Waals surface area contributed by atoms with E-state index in [1.807, 2.05) is 6.92 Å². The largest absolute Gasteiger partial charge is 0.340 e. The molecule has 1 aromatic heterocycles. The number of rotatable bonds is 7. The van der Waals surface area contributed by atoms with Crippen LogP contribution in [-0.4, -0.2) is 41.0 Å². The van der Waals surface area contributed by atoms with Gasteiger partial charge in [0.15, 0.2) is 0 Å². The minimum atomic E-state index is 0.0184. The standard InChI is InChI=1S/C26H32N4O/c1-3-4-15-23-20(2)27-26(28-25(23)31)30-18-16-29(17-19-30)24(21-11-7-5-8-12-21)22-13-9-6-10-14-22/h5-14,24H,3-4,15-19H2,1-2H3,(H,27,28,31). The molecule has 0 atom stereocenters. The van der Waals surface area contributed by atoms with Crippen molar-refractivity contribution in [2.45, 2.75) is 39.2 Å². The number of aromatic amines is 1. The maximum atomic E-state index is 12.6. The van der Waals surface area contributed by atoms with Gasteiger partial charge >= 0.3 is 0 Å². The van der Waals surface area contributed by atoms with E-state index in [1.54, 1.807) is 0 Å². The Morgan fingerprint density at radius 1 is 0.935 bits per heavy atom. The summed E-state index contributed by atoms with van der Waals surface area (Å²) in [5.41, 5.74) is 4.33. The molecule has 4 rings (SSSR count). The average molecular weight is 417 g/mol. The summed E-state index contributed by atoms with van der Waals surface area (Å²) in [5.74, 6) is 0.707. The average Bonchev–Trinajstić information content (AvgIpc) is 2.81. The Hall–Kier alpha value is -2.92. The Balaban J connectivity index is 1.51. The van der Waals surface area contributed by atoms with Crippen LogP contribution in [0.1, 0.15) is 48.2 Å². The molecular weight excluding hydrogens is 384 g/mol. The van der Waals surface area contributed by atoms with Crippen molar-refractivity contribution in [1.29, 1.82) is 0 Å². The van der Waals surface area contributed by atoms with Crippen LogP contribution < -0.4 is 10.5 Å².